The van der Waals surface area contributed by atoms with Gasteiger partial charge in [0.2, 0.25) is 0 Å². The lowest BCUT2D eigenvalue weighted by Gasteiger charge is -2.38. The van der Waals surface area contributed by atoms with Crippen LogP contribution in [0.3, 0.4) is 0 Å². The third-order valence-electron chi connectivity index (χ3n) is 5.63. The summed E-state index contributed by atoms with van der Waals surface area (Å²) in [5.41, 5.74) is 3.10. The van der Waals surface area contributed by atoms with Crippen molar-refractivity contribution in [1.82, 2.24) is 5.32 Å². The molecule has 2 aromatic rings. The van der Waals surface area contributed by atoms with E-state index in [1.165, 1.54) is 5.56 Å². The highest BCUT2D eigenvalue weighted by Gasteiger charge is 2.32. The molecule has 0 saturated heterocycles. The SMILES string of the molecule is [C-]#[N+]c1ccc(-c2ccc(C(C)(C)NC3CCC(C)(O)CC3)cc2)c(Cl)c1. The predicted octanol–water partition coefficient (Wildman–Crippen LogP) is 6.08. The topological polar surface area (TPSA) is 36.6 Å². The van der Waals surface area contributed by atoms with Gasteiger partial charge in [-0.3, -0.25) is 0 Å². The van der Waals surface area contributed by atoms with Crippen molar-refractivity contribution in [2.75, 3.05) is 0 Å². The van der Waals surface area contributed by atoms with Crippen LogP contribution in [0.25, 0.3) is 16.0 Å². The Labute approximate surface area is 167 Å². The minimum atomic E-state index is -0.508. The fraction of sp³-hybridized carbons (Fsp3) is 0.435. The zero-order valence-corrected chi connectivity index (χ0v) is 17.0. The first kappa shape index (κ1) is 19.9. The van der Waals surface area contributed by atoms with Crippen molar-refractivity contribution in [1.29, 1.82) is 0 Å². The summed E-state index contributed by atoms with van der Waals surface area (Å²) in [6.07, 6.45) is 3.69. The zero-order chi connectivity index (χ0) is 19.7. The van der Waals surface area contributed by atoms with Crippen LogP contribution >= 0.6 is 11.6 Å². The number of rotatable bonds is 4. The summed E-state index contributed by atoms with van der Waals surface area (Å²) < 4.78 is 0. The number of nitrogens with one attached hydrogen (secondary N) is 1. The van der Waals surface area contributed by atoms with Gasteiger partial charge in [0, 0.05) is 16.6 Å². The second-order valence-corrected chi connectivity index (χ2v) is 8.80. The standard InChI is InChI=1S/C23H27ClN2O/c1-22(2,26-18-11-13-23(3,27)14-12-18)17-7-5-16(6-8-17)20-10-9-19(25-4)15-21(20)24/h5-10,15,18,26-27H,11-14H2,1-3H3. The molecule has 2 aromatic carbocycles. The average Bonchev–Trinajstić information content (AvgIpc) is 2.63. The van der Waals surface area contributed by atoms with E-state index < -0.39 is 5.60 Å². The molecule has 2 N–H and O–H groups in total. The van der Waals surface area contributed by atoms with Crippen molar-refractivity contribution in [3.63, 3.8) is 0 Å². The Bertz CT molecular complexity index is 840. The van der Waals surface area contributed by atoms with E-state index >= 15 is 0 Å². The lowest BCUT2D eigenvalue weighted by atomic mass is 9.82. The monoisotopic (exact) mass is 382 g/mol. The second-order valence-electron chi connectivity index (χ2n) is 8.39. The summed E-state index contributed by atoms with van der Waals surface area (Å²) >= 11 is 6.35. The van der Waals surface area contributed by atoms with Gasteiger partial charge in [-0.15, -0.1) is 0 Å². The van der Waals surface area contributed by atoms with Crippen molar-refractivity contribution in [2.24, 2.45) is 0 Å². The van der Waals surface area contributed by atoms with Gasteiger partial charge in [-0.2, -0.15) is 0 Å². The molecule has 1 aliphatic rings. The Morgan fingerprint density at radius 1 is 1.15 bits per heavy atom. The summed E-state index contributed by atoms with van der Waals surface area (Å²) in [4.78, 5) is 3.42. The van der Waals surface area contributed by atoms with Gasteiger partial charge in [-0.25, -0.2) is 4.85 Å². The molecule has 142 valence electrons. The van der Waals surface area contributed by atoms with Crippen LogP contribution in [0.5, 0.6) is 0 Å². The van der Waals surface area contributed by atoms with Crippen molar-refractivity contribution >= 4 is 17.3 Å². The van der Waals surface area contributed by atoms with Gasteiger partial charge >= 0.3 is 0 Å². The molecule has 0 radical (unpaired) electrons. The fourth-order valence-electron chi connectivity index (χ4n) is 3.85. The number of halogens is 1. The van der Waals surface area contributed by atoms with Gasteiger partial charge in [0.15, 0.2) is 5.69 Å². The number of hydrogen-bond acceptors (Lipinski definition) is 2. The molecule has 0 aliphatic heterocycles. The smallest absolute Gasteiger partial charge is 0.188 e. The largest absolute Gasteiger partial charge is 0.390 e. The third kappa shape index (κ3) is 4.71. The van der Waals surface area contributed by atoms with E-state index in [0.717, 1.165) is 36.8 Å². The van der Waals surface area contributed by atoms with Crippen molar-refractivity contribution in [2.45, 2.75) is 63.6 Å². The molecule has 3 rings (SSSR count). The molecule has 1 aliphatic carbocycles. The predicted molar refractivity (Wildman–Crippen MR) is 112 cm³/mol. The lowest BCUT2D eigenvalue weighted by Crippen LogP contribution is -2.47. The van der Waals surface area contributed by atoms with Gasteiger partial charge in [-0.05, 0) is 69.2 Å². The van der Waals surface area contributed by atoms with Gasteiger partial charge in [0.05, 0.1) is 12.2 Å². The summed E-state index contributed by atoms with van der Waals surface area (Å²) in [7, 11) is 0. The first-order chi connectivity index (χ1) is 12.7. The number of benzene rings is 2. The minimum absolute atomic E-state index is 0.149. The maximum Gasteiger partial charge on any atom is 0.188 e. The van der Waals surface area contributed by atoms with Crippen LogP contribution in [0.2, 0.25) is 5.02 Å². The van der Waals surface area contributed by atoms with E-state index in [4.69, 9.17) is 18.2 Å². The number of hydrogen-bond donors (Lipinski definition) is 2. The summed E-state index contributed by atoms with van der Waals surface area (Å²) in [6, 6.07) is 14.3. The lowest BCUT2D eigenvalue weighted by molar-refractivity contribution is 0.0110. The molecular weight excluding hydrogens is 356 g/mol. The molecule has 1 fully saturated rings. The van der Waals surface area contributed by atoms with E-state index in [9.17, 15) is 5.11 Å². The second kappa shape index (κ2) is 7.64. The highest BCUT2D eigenvalue weighted by Crippen LogP contribution is 2.34. The summed E-state index contributed by atoms with van der Waals surface area (Å²) in [5.74, 6) is 0. The van der Waals surface area contributed by atoms with E-state index in [0.29, 0.717) is 16.8 Å². The summed E-state index contributed by atoms with van der Waals surface area (Å²) in [5, 5.41) is 14.5. The molecule has 1 saturated carbocycles. The first-order valence-electron chi connectivity index (χ1n) is 9.48. The minimum Gasteiger partial charge on any atom is -0.390 e. The van der Waals surface area contributed by atoms with Gasteiger partial charge in [-0.1, -0.05) is 48.0 Å². The Balaban J connectivity index is 1.73. The normalized spacial score (nSPS) is 23.0. The Morgan fingerprint density at radius 2 is 1.78 bits per heavy atom. The van der Waals surface area contributed by atoms with Crippen LogP contribution in [-0.2, 0) is 5.54 Å². The van der Waals surface area contributed by atoms with E-state index in [1.807, 2.05) is 13.0 Å². The fourth-order valence-corrected chi connectivity index (χ4v) is 4.14. The van der Waals surface area contributed by atoms with Crippen LogP contribution < -0.4 is 5.32 Å². The van der Waals surface area contributed by atoms with Gasteiger partial charge < -0.3 is 10.4 Å². The molecule has 27 heavy (non-hydrogen) atoms. The molecule has 0 heterocycles. The van der Waals surface area contributed by atoms with Crippen LogP contribution in [0.15, 0.2) is 42.5 Å². The maximum absolute atomic E-state index is 10.1. The van der Waals surface area contributed by atoms with Crippen LogP contribution in [0.4, 0.5) is 5.69 Å². The molecule has 0 spiro atoms. The van der Waals surface area contributed by atoms with Crippen molar-refractivity contribution in [3.05, 3.63) is 64.5 Å². The molecule has 4 heteroatoms. The Hall–Kier alpha value is -1.86. The van der Waals surface area contributed by atoms with Crippen LogP contribution in [0.1, 0.15) is 52.0 Å². The molecular formula is C23H27ClN2O. The molecule has 0 unspecified atom stereocenters. The molecule has 0 atom stereocenters. The molecule has 0 bridgehead atoms. The van der Waals surface area contributed by atoms with Crippen molar-refractivity contribution < 1.29 is 5.11 Å². The quantitative estimate of drug-likeness (QED) is 0.629. The molecule has 0 aromatic heterocycles. The first-order valence-corrected chi connectivity index (χ1v) is 9.86. The highest BCUT2D eigenvalue weighted by atomic mass is 35.5. The van der Waals surface area contributed by atoms with Gasteiger partial charge in [0.25, 0.3) is 0 Å². The van der Waals surface area contributed by atoms with Crippen LogP contribution in [0, 0.1) is 6.57 Å². The third-order valence-corrected chi connectivity index (χ3v) is 5.94. The Morgan fingerprint density at radius 3 is 2.33 bits per heavy atom. The average molecular weight is 383 g/mol. The van der Waals surface area contributed by atoms with Crippen molar-refractivity contribution in [3.8, 4) is 11.1 Å². The van der Waals surface area contributed by atoms with Crippen LogP contribution in [-0.4, -0.2) is 16.7 Å². The van der Waals surface area contributed by atoms with E-state index in [1.54, 1.807) is 12.1 Å². The van der Waals surface area contributed by atoms with E-state index in [-0.39, 0.29) is 5.54 Å². The molecule has 0 amide bonds. The highest BCUT2D eigenvalue weighted by molar-refractivity contribution is 6.33. The maximum atomic E-state index is 10.1. The number of aliphatic hydroxyl groups is 1. The Kier molecular flexibility index (Phi) is 5.63. The number of nitrogens with zero attached hydrogens (tertiary/aromatic N) is 1. The summed E-state index contributed by atoms with van der Waals surface area (Å²) in [6.45, 7) is 13.4. The zero-order valence-electron chi connectivity index (χ0n) is 16.2. The van der Waals surface area contributed by atoms with Gasteiger partial charge in [0.1, 0.15) is 0 Å². The molecule has 3 nitrogen and oxygen atoms in total. The van der Waals surface area contributed by atoms with E-state index in [2.05, 4.69) is 48.3 Å².